The number of aryl methyl sites for hydroxylation is 1. The fourth-order valence-electron chi connectivity index (χ4n) is 2.01. The van der Waals surface area contributed by atoms with E-state index in [-0.39, 0.29) is 12.5 Å². The van der Waals surface area contributed by atoms with E-state index in [0.29, 0.717) is 17.3 Å². The van der Waals surface area contributed by atoms with Gasteiger partial charge < -0.3 is 20.5 Å². The molecule has 1 amide bonds. The van der Waals surface area contributed by atoms with E-state index in [1.807, 2.05) is 12.1 Å². The number of aromatic nitrogens is 2. The van der Waals surface area contributed by atoms with Crippen LogP contribution < -0.4 is 11.1 Å². The number of rotatable bonds is 3. The fourth-order valence-corrected chi connectivity index (χ4v) is 2.01. The summed E-state index contributed by atoms with van der Waals surface area (Å²) in [5, 5.41) is 3.65. The predicted molar refractivity (Wildman–Crippen MR) is 75.1 cm³/mol. The molecule has 3 aromatic rings. The standard InChI is InChI=1S/C14H14N4O2/c1-8-6-16-13(20-8)7-17-14(19)12-5-9-4-10(15)2-3-11(9)18-12/h2-6,18H,7,15H2,1H3,(H,17,19). The Hall–Kier alpha value is -2.76. The third-order valence-electron chi connectivity index (χ3n) is 2.96. The van der Waals surface area contributed by atoms with Crippen molar-refractivity contribution in [2.45, 2.75) is 13.5 Å². The molecule has 0 saturated heterocycles. The molecule has 0 aliphatic rings. The van der Waals surface area contributed by atoms with Crippen LogP contribution >= 0.6 is 0 Å². The molecular formula is C14H14N4O2. The first kappa shape index (κ1) is 12.3. The highest BCUT2D eigenvalue weighted by molar-refractivity contribution is 5.98. The summed E-state index contributed by atoms with van der Waals surface area (Å²) < 4.78 is 5.29. The highest BCUT2D eigenvalue weighted by Crippen LogP contribution is 2.18. The van der Waals surface area contributed by atoms with Crippen molar-refractivity contribution in [2.24, 2.45) is 0 Å². The minimum Gasteiger partial charge on any atom is -0.444 e. The molecule has 0 saturated carbocycles. The smallest absolute Gasteiger partial charge is 0.268 e. The third-order valence-corrected chi connectivity index (χ3v) is 2.96. The molecular weight excluding hydrogens is 256 g/mol. The fraction of sp³-hybridized carbons (Fsp3) is 0.143. The molecule has 4 N–H and O–H groups in total. The zero-order valence-electron chi connectivity index (χ0n) is 10.9. The summed E-state index contributed by atoms with van der Waals surface area (Å²) in [6, 6.07) is 7.22. The van der Waals surface area contributed by atoms with Crippen molar-refractivity contribution in [1.29, 1.82) is 0 Å². The quantitative estimate of drug-likeness (QED) is 0.634. The largest absolute Gasteiger partial charge is 0.444 e. The number of nitrogens with two attached hydrogens (primary N) is 1. The van der Waals surface area contributed by atoms with E-state index >= 15 is 0 Å². The molecule has 1 aromatic carbocycles. The highest BCUT2D eigenvalue weighted by Gasteiger charge is 2.10. The van der Waals surface area contributed by atoms with Gasteiger partial charge in [0.05, 0.1) is 12.7 Å². The van der Waals surface area contributed by atoms with Crippen LogP contribution in [0.4, 0.5) is 5.69 Å². The molecule has 0 spiro atoms. The number of carbonyl (C=O) groups excluding carboxylic acids is 1. The van der Waals surface area contributed by atoms with Crippen molar-refractivity contribution in [3.63, 3.8) is 0 Å². The van der Waals surface area contributed by atoms with Gasteiger partial charge in [0.25, 0.3) is 5.91 Å². The number of oxazole rings is 1. The summed E-state index contributed by atoms with van der Waals surface area (Å²) in [6.45, 7) is 2.06. The number of hydrogen-bond donors (Lipinski definition) is 3. The Morgan fingerprint density at radius 1 is 1.45 bits per heavy atom. The number of amides is 1. The Kier molecular flexibility index (Phi) is 2.90. The molecule has 3 rings (SSSR count). The second kappa shape index (κ2) is 4.73. The number of aromatic amines is 1. The Balaban J connectivity index is 1.75. The van der Waals surface area contributed by atoms with Gasteiger partial charge in [-0.05, 0) is 31.2 Å². The summed E-state index contributed by atoms with van der Waals surface area (Å²) in [5.41, 5.74) is 7.73. The first-order valence-corrected chi connectivity index (χ1v) is 6.19. The van der Waals surface area contributed by atoms with Crippen LogP contribution in [-0.4, -0.2) is 15.9 Å². The molecule has 0 radical (unpaired) electrons. The lowest BCUT2D eigenvalue weighted by molar-refractivity contribution is 0.0943. The van der Waals surface area contributed by atoms with Gasteiger partial charge in [-0.25, -0.2) is 4.98 Å². The first-order valence-electron chi connectivity index (χ1n) is 6.19. The van der Waals surface area contributed by atoms with Crippen molar-refractivity contribution in [2.75, 3.05) is 5.73 Å². The maximum absolute atomic E-state index is 12.0. The predicted octanol–water partition coefficient (Wildman–Crippen LogP) is 1.98. The van der Waals surface area contributed by atoms with Crippen LogP contribution in [0.1, 0.15) is 22.1 Å². The van der Waals surface area contributed by atoms with Gasteiger partial charge in [0.15, 0.2) is 0 Å². The minimum absolute atomic E-state index is 0.212. The zero-order chi connectivity index (χ0) is 14.1. The Morgan fingerprint density at radius 3 is 3.05 bits per heavy atom. The van der Waals surface area contributed by atoms with E-state index in [4.69, 9.17) is 10.2 Å². The van der Waals surface area contributed by atoms with Gasteiger partial charge in [0.2, 0.25) is 5.89 Å². The Bertz CT molecular complexity index is 772. The number of carbonyl (C=O) groups is 1. The van der Waals surface area contributed by atoms with Crippen molar-refractivity contribution < 1.29 is 9.21 Å². The molecule has 2 aromatic heterocycles. The molecule has 6 nitrogen and oxygen atoms in total. The second-order valence-corrected chi connectivity index (χ2v) is 4.58. The lowest BCUT2D eigenvalue weighted by Gasteiger charge is -1.99. The van der Waals surface area contributed by atoms with Crippen molar-refractivity contribution >= 4 is 22.5 Å². The lowest BCUT2D eigenvalue weighted by Crippen LogP contribution is -2.23. The Labute approximate surface area is 115 Å². The Morgan fingerprint density at radius 2 is 2.30 bits per heavy atom. The van der Waals surface area contributed by atoms with Gasteiger partial charge in [-0.15, -0.1) is 0 Å². The average Bonchev–Trinajstić information content (AvgIpc) is 3.01. The maximum atomic E-state index is 12.0. The number of nitrogens with one attached hydrogen (secondary N) is 2. The number of benzene rings is 1. The molecule has 0 aliphatic carbocycles. The van der Waals surface area contributed by atoms with Gasteiger partial charge in [-0.1, -0.05) is 0 Å². The van der Waals surface area contributed by atoms with Crippen LogP contribution in [-0.2, 0) is 6.54 Å². The number of nitrogen functional groups attached to an aromatic ring is 1. The lowest BCUT2D eigenvalue weighted by atomic mass is 10.2. The molecule has 2 heterocycles. The van der Waals surface area contributed by atoms with Crippen molar-refractivity contribution in [1.82, 2.24) is 15.3 Å². The number of fused-ring (bicyclic) bond motifs is 1. The van der Waals surface area contributed by atoms with E-state index in [0.717, 1.165) is 16.7 Å². The van der Waals surface area contributed by atoms with Crippen molar-refractivity contribution in [3.05, 3.63) is 47.8 Å². The second-order valence-electron chi connectivity index (χ2n) is 4.58. The summed E-state index contributed by atoms with van der Waals surface area (Å²) in [5.74, 6) is 0.988. The van der Waals surface area contributed by atoms with E-state index in [1.54, 1.807) is 25.3 Å². The molecule has 6 heteroatoms. The molecule has 0 fully saturated rings. The summed E-state index contributed by atoms with van der Waals surface area (Å²) in [6.07, 6.45) is 1.62. The number of hydrogen-bond acceptors (Lipinski definition) is 4. The normalized spacial score (nSPS) is 10.8. The highest BCUT2D eigenvalue weighted by atomic mass is 16.4. The van der Waals surface area contributed by atoms with E-state index in [9.17, 15) is 4.79 Å². The van der Waals surface area contributed by atoms with Crippen LogP contribution in [0.2, 0.25) is 0 Å². The monoisotopic (exact) mass is 270 g/mol. The van der Waals surface area contributed by atoms with Gasteiger partial charge >= 0.3 is 0 Å². The number of nitrogens with zero attached hydrogens (tertiary/aromatic N) is 1. The molecule has 102 valence electrons. The summed E-state index contributed by atoms with van der Waals surface area (Å²) in [4.78, 5) is 19.1. The third kappa shape index (κ3) is 2.35. The van der Waals surface area contributed by atoms with Crippen LogP contribution in [0.25, 0.3) is 10.9 Å². The minimum atomic E-state index is -0.212. The average molecular weight is 270 g/mol. The topological polar surface area (TPSA) is 96.9 Å². The van der Waals surface area contributed by atoms with Crippen LogP contribution in [0, 0.1) is 6.92 Å². The zero-order valence-corrected chi connectivity index (χ0v) is 10.9. The van der Waals surface area contributed by atoms with Crippen LogP contribution in [0.15, 0.2) is 34.9 Å². The van der Waals surface area contributed by atoms with E-state index < -0.39 is 0 Å². The number of anilines is 1. The maximum Gasteiger partial charge on any atom is 0.268 e. The van der Waals surface area contributed by atoms with Gasteiger partial charge in [0.1, 0.15) is 11.5 Å². The van der Waals surface area contributed by atoms with Gasteiger partial charge in [-0.3, -0.25) is 4.79 Å². The summed E-state index contributed by atoms with van der Waals surface area (Å²) >= 11 is 0. The van der Waals surface area contributed by atoms with Crippen LogP contribution in [0.3, 0.4) is 0 Å². The van der Waals surface area contributed by atoms with Crippen LogP contribution in [0.5, 0.6) is 0 Å². The molecule has 20 heavy (non-hydrogen) atoms. The molecule has 0 unspecified atom stereocenters. The first-order chi connectivity index (χ1) is 9.61. The number of H-pyrrole nitrogens is 1. The molecule has 0 bridgehead atoms. The van der Waals surface area contributed by atoms with E-state index in [1.165, 1.54) is 0 Å². The molecule has 0 atom stereocenters. The van der Waals surface area contributed by atoms with Crippen molar-refractivity contribution in [3.8, 4) is 0 Å². The van der Waals surface area contributed by atoms with Gasteiger partial charge in [-0.2, -0.15) is 0 Å². The SMILES string of the molecule is Cc1cnc(CNC(=O)c2cc3cc(N)ccc3[nH]2)o1. The summed E-state index contributed by atoms with van der Waals surface area (Å²) in [7, 11) is 0. The van der Waals surface area contributed by atoms with Gasteiger partial charge in [0, 0.05) is 16.6 Å². The van der Waals surface area contributed by atoms with E-state index in [2.05, 4.69) is 15.3 Å². The molecule has 0 aliphatic heterocycles.